The number of amides is 2. The van der Waals surface area contributed by atoms with E-state index in [0.29, 0.717) is 10.6 Å². The van der Waals surface area contributed by atoms with Gasteiger partial charge in [0.05, 0.1) is 23.6 Å². The molecule has 0 bridgehead atoms. The van der Waals surface area contributed by atoms with E-state index in [-0.39, 0.29) is 24.3 Å². The van der Waals surface area contributed by atoms with Gasteiger partial charge >= 0.3 is 5.97 Å². The Kier molecular flexibility index (Phi) is 5.62. The first kappa shape index (κ1) is 20.4. The van der Waals surface area contributed by atoms with Crippen molar-refractivity contribution in [3.8, 4) is 0 Å². The van der Waals surface area contributed by atoms with E-state index in [0.717, 1.165) is 12.2 Å². The minimum Gasteiger partial charge on any atom is -0.477 e. The van der Waals surface area contributed by atoms with Gasteiger partial charge in [0.15, 0.2) is 15.2 Å². The molecule has 0 unspecified atom stereocenters. The summed E-state index contributed by atoms with van der Waals surface area (Å²) in [4.78, 5) is 40.7. The van der Waals surface area contributed by atoms with Crippen LogP contribution in [-0.2, 0) is 24.2 Å². The number of carboxylic acid groups (broad SMARTS) is 1. The molecule has 0 aromatic carbocycles. The molecule has 11 heteroatoms. The van der Waals surface area contributed by atoms with E-state index in [2.05, 4.69) is 10.3 Å². The number of hydrogen-bond donors (Lipinski definition) is 3. The lowest BCUT2D eigenvalue weighted by Gasteiger charge is -2.45. The van der Waals surface area contributed by atoms with Crippen molar-refractivity contribution >= 4 is 33.7 Å². The topological polar surface area (TPSA) is 154 Å². The third-order valence-corrected chi connectivity index (χ3v) is 6.11. The lowest BCUT2D eigenvalue weighted by Crippen LogP contribution is -2.62. The zero-order chi connectivity index (χ0) is 21.2. The van der Waals surface area contributed by atoms with E-state index in [1.54, 1.807) is 18.2 Å². The van der Waals surface area contributed by atoms with Crippen LogP contribution < -0.4 is 5.32 Å². The largest absolute Gasteiger partial charge is 0.477 e. The molecule has 2 aliphatic rings. The van der Waals surface area contributed by atoms with Gasteiger partial charge in [0.1, 0.15) is 5.70 Å². The van der Waals surface area contributed by atoms with Gasteiger partial charge < -0.3 is 15.5 Å². The summed E-state index contributed by atoms with van der Waals surface area (Å²) in [6, 6.07) is 4.92. The average Bonchev–Trinajstić information content (AvgIpc) is 2.68. The number of aliphatic carboxylic acids is 1. The summed E-state index contributed by atoms with van der Waals surface area (Å²) in [6.45, 7) is -0.299. The second-order valence-electron chi connectivity index (χ2n) is 6.22. The van der Waals surface area contributed by atoms with Crippen LogP contribution in [0.5, 0.6) is 0 Å². The number of aromatic nitrogens is 1. The van der Waals surface area contributed by atoms with Gasteiger partial charge in [0, 0.05) is 18.8 Å². The molecule has 3 heterocycles. The smallest absolute Gasteiger partial charge is 0.352 e. The van der Waals surface area contributed by atoms with Crippen LogP contribution >= 0.6 is 0 Å². The molecule has 0 radical (unpaired) electrons. The van der Waals surface area contributed by atoms with Crippen molar-refractivity contribution in [2.45, 2.75) is 5.37 Å². The first-order valence-corrected chi connectivity index (χ1v) is 10.2. The Labute approximate surface area is 165 Å². The summed E-state index contributed by atoms with van der Waals surface area (Å²) in [5, 5.41) is 19.2. The monoisotopic (exact) mass is 419 g/mol. The summed E-state index contributed by atoms with van der Waals surface area (Å²) in [6.07, 6.45) is 4.82. The van der Waals surface area contributed by atoms with Crippen molar-refractivity contribution in [1.82, 2.24) is 15.2 Å². The lowest BCUT2D eigenvalue weighted by molar-refractivity contribution is -0.141. The highest BCUT2D eigenvalue weighted by Crippen LogP contribution is 2.41. The predicted octanol–water partition coefficient (Wildman–Crippen LogP) is -0.935. The van der Waals surface area contributed by atoms with Crippen LogP contribution in [0, 0.1) is 0 Å². The van der Waals surface area contributed by atoms with Crippen molar-refractivity contribution in [2.75, 3.05) is 18.9 Å². The van der Waals surface area contributed by atoms with Crippen LogP contribution in [-0.4, -0.2) is 70.6 Å². The quantitative estimate of drug-likeness (QED) is 0.395. The van der Waals surface area contributed by atoms with E-state index in [1.807, 2.05) is 0 Å². The maximum atomic E-state index is 12.7. The number of nitrogens with one attached hydrogen (secondary N) is 1. The molecule has 3 rings (SSSR count). The minimum atomic E-state index is -3.94. The number of carbonyl (C=O) groups excluding carboxylic acids is 2. The Morgan fingerprint density at radius 3 is 2.72 bits per heavy atom. The van der Waals surface area contributed by atoms with E-state index in [9.17, 15) is 27.9 Å². The summed E-state index contributed by atoms with van der Waals surface area (Å²) in [5.74, 6) is -3.52. The third kappa shape index (κ3) is 3.96. The molecule has 1 atom stereocenters. The highest BCUT2D eigenvalue weighted by atomic mass is 32.2. The van der Waals surface area contributed by atoms with Crippen molar-refractivity contribution in [3.05, 3.63) is 59.1 Å². The molecule has 1 aromatic rings. The number of fused-ring (bicyclic) bond motifs is 1. The number of rotatable bonds is 6. The first-order valence-electron chi connectivity index (χ1n) is 8.47. The number of β-lactam (4-membered cyclic amide) rings is 1. The standard InChI is InChI=1S/C18H17N3O7S/c22-8-7-20-14(23)5-4-11-10-29(27,28)17-13(9-12-3-1-2-6-19-12)16(24)21(17)15(11)18(25)26/h1-6,9,17,22H,7-8,10H2,(H,20,23)(H,25,26)/b5-4+,13-9-/t17-/m1/s1. The number of allylic oxidation sites excluding steroid dienone is 1. The minimum absolute atomic E-state index is 0.0132. The molecule has 1 aromatic heterocycles. The molecule has 0 saturated carbocycles. The highest BCUT2D eigenvalue weighted by molar-refractivity contribution is 7.92. The molecule has 152 valence electrons. The number of nitrogens with zero attached hydrogens (tertiary/aromatic N) is 2. The lowest BCUT2D eigenvalue weighted by atomic mass is 10.0. The molecule has 3 N–H and O–H groups in total. The number of pyridine rings is 1. The fourth-order valence-electron chi connectivity index (χ4n) is 3.05. The first-order chi connectivity index (χ1) is 13.8. The van der Waals surface area contributed by atoms with Gasteiger partial charge in [-0.1, -0.05) is 12.1 Å². The second-order valence-corrected chi connectivity index (χ2v) is 8.28. The van der Waals surface area contributed by atoms with Crippen LogP contribution in [0.4, 0.5) is 0 Å². The Morgan fingerprint density at radius 2 is 2.10 bits per heavy atom. The van der Waals surface area contributed by atoms with Crippen LogP contribution in [0.2, 0.25) is 0 Å². The molecule has 2 amide bonds. The van der Waals surface area contributed by atoms with Crippen LogP contribution in [0.3, 0.4) is 0 Å². The van der Waals surface area contributed by atoms with Crippen LogP contribution in [0.1, 0.15) is 5.69 Å². The number of carbonyl (C=O) groups is 3. The molecule has 0 spiro atoms. The molecule has 1 fully saturated rings. The fourth-order valence-corrected chi connectivity index (χ4v) is 4.95. The summed E-state index contributed by atoms with van der Waals surface area (Å²) >= 11 is 0. The van der Waals surface area contributed by atoms with Gasteiger partial charge in [-0.3, -0.25) is 19.5 Å². The van der Waals surface area contributed by atoms with E-state index >= 15 is 0 Å². The zero-order valence-electron chi connectivity index (χ0n) is 15.0. The van der Waals surface area contributed by atoms with E-state index < -0.39 is 44.4 Å². The maximum Gasteiger partial charge on any atom is 0.352 e. The second kappa shape index (κ2) is 7.97. The average molecular weight is 419 g/mol. The molecule has 1 saturated heterocycles. The zero-order valence-corrected chi connectivity index (χ0v) is 15.8. The molecule has 29 heavy (non-hydrogen) atoms. The maximum absolute atomic E-state index is 12.7. The van der Waals surface area contributed by atoms with Gasteiger partial charge in [0.2, 0.25) is 5.91 Å². The van der Waals surface area contributed by atoms with Crippen molar-refractivity contribution in [1.29, 1.82) is 0 Å². The number of aliphatic hydroxyl groups excluding tert-OH is 1. The van der Waals surface area contributed by atoms with Gasteiger partial charge in [-0.15, -0.1) is 0 Å². The van der Waals surface area contributed by atoms with Gasteiger partial charge in [0.25, 0.3) is 5.91 Å². The van der Waals surface area contributed by atoms with Crippen LogP contribution in [0.15, 0.2) is 53.4 Å². The molecule has 0 aliphatic carbocycles. The van der Waals surface area contributed by atoms with Crippen molar-refractivity contribution in [3.63, 3.8) is 0 Å². The van der Waals surface area contributed by atoms with Crippen molar-refractivity contribution in [2.24, 2.45) is 0 Å². The molecule has 10 nitrogen and oxygen atoms in total. The van der Waals surface area contributed by atoms with Gasteiger partial charge in [-0.25, -0.2) is 13.2 Å². The number of sulfone groups is 1. The van der Waals surface area contributed by atoms with E-state index in [1.165, 1.54) is 12.3 Å². The number of carboxylic acids is 1. The number of aliphatic hydroxyl groups is 1. The van der Waals surface area contributed by atoms with Crippen molar-refractivity contribution < 1.29 is 33.0 Å². The number of hydrogen-bond acceptors (Lipinski definition) is 7. The Morgan fingerprint density at radius 1 is 1.34 bits per heavy atom. The highest BCUT2D eigenvalue weighted by Gasteiger charge is 2.56. The normalized spacial score (nSPS) is 21.8. The predicted molar refractivity (Wildman–Crippen MR) is 101 cm³/mol. The third-order valence-electron chi connectivity index (χ3n) is 4.25. The Bertz CT molecular complexity index is 1060. The summed E-state index contributed by atoms with van der Waals surface area (Å²) in [7, 11) is -3.94. The summed E-state index contributed by atoms with van der Waals surface area (Å²) < 4.78 is 25.5. The van der Waals surface area contributed by atoms with Crippen LogP contribution in [0.25, 0.3) is 6.08 Å². The molecular weight excluding hydrogens is 402 g/mol. The Hall–Kier alpha value is -3.31. The molecular formula is C18H17N3O7S. The van der Waals surface area contributed by atoms with Gasteiger partial charge in [-0.2, -0.15) is 0 Å². The molecule has 2 aliphatic heterocycles. The SMILES string of the molecule is O=C(/C=C/C1=C(C(=O)O)N2C(=O)/C(=C/c3ccccn3)[C@H]2S(=O)(=O)C1)NCCO. The fraction of sp³-hybridized carbons (Fsp3) is 0.222. The van der Waals surface area contributed by atoms with E-state index in [4.69, 9.17) is 5.11 Å². The Balaban J connectivity index is 1.99. The summed E-state index contributed by atoms with van der Waals surface area (Å²) in [5.41, 5.74) is -0.360. The van der Waals surface area contributed by atoms with Gasteiger partial charge in [-0.05, 0) is 23.8 Å².